The SMILES string of the molecule is CC=CC(=O)OC(C)(C)O[Si](CCC)(OC(C)C)OC(C)C. The van der Waals surface area contributed by atoms with E-state index < -0.39 is 20.6 Å². The molecular formula is C16H32O5Si. The molecular weight excluding hydrogens is 300 g/mol. The number of hydrogen-bond donors (Lipinski definition) is 0. The fourth-order valence-electron chi connectivity index (χ4n) is 2.08. The van der Waals surface area contributed by atoms with Crippen LogP contribution in [0.5, 0.6) is 0 Å². The highest BCUT2D eigenvalue weighted by Crippen LogP contribution is 2.28. The summed E-state index contributed by atoms with van der Waals surface area (Å²) in [6.07, 6.45) is 3.80. The summed E-state index contributed by atoms with van der Waals surface area (Å²) >= 11 is 0. The highest BCUT2D eigenvalue weighted by Gasteiger charge is 2.47. The van der Waals surface area contributed by atoms with Crippen LogP contribution in [0.4, 0.5) is 0 Å². The van der Waals surface area contributed by atoms with Gasteiger partial charge in [-0.1, -0.05) is 19.4 Å². The van der Waals surface area contributed by atoms with E-state index in [0.29, 0.717) is 6.04 Å². The van der Waals surface area contributed by atoms with Gasteiger partial charge in [-0.2, -0.15) is 0 Å². The lowest BCUT2D eigenvalue weighted by molar-refractivity contribution is -0.196. The van der Waals surface area contributed by atoms with Crippen molar-refractivity contribution in [2.24, 2.45) is 0 Å². The quantitative estimate of drug-likeness (QED) is 0.261. The predicted molar refractivity (Wildman–Crippen MR) is 89.4 cm³/mol. The molecule has 5 nitrogen and oxygen atoms in total. The van der Waals surface area contributed by atoms with Crippen molar-refractivity contribution >= 4 is 14.8 Å². The van der Waals surface area contributed by atoms with Crippen molar-refractivity contribution in [3.63, 3.8) is 0 Å². The summed E-state index contributed by atoms with van der Waals surface area (Å²) < 4.78 is 23.6. The molecule has 0 saturated heterocycles. The molecule has 0 aromatic heterocycles. The molecule has 0 spiro atoms. The van der Waals surface area contributed by atoms with Gasteiger partial charge in [-0.15, -0.1) is 0 Å². The Morgan fingerprint density at radius 2 is 1.64 bits per heavy atom. The second kappa shape index (κ2) is 9.45. The molecule has 0 atom stereocenters. The summed E-state index contributed by atoms with van der Waals surface area (Å²) in [6.45, 7) is 15.0. The van der Waals surface area contributed by atoms with Gasteiger partial charge < -0.3 is 18.0 Å². The van der Waals surface area contributed by atoms with Crippen molar-refractivity contribution in [1.29, 1.82) is 0 Å². The predicted octanol–water partition coefficient (Wildman–Crippen LogP) is 4.06. The van der Waals surface area contributed by atoms with Crippen molar-refractivity contribution in [3.8, 4) is 0 Å². The maximum atomic E-state index is 11.7. The molecule has 0 fully saturated rings. The summed E-state index contributed by atoms with van der Waals surface area (Å²) in [5.74, 6) is -1.55. The van der Waals surface area contributed by atoms with E-state index in [9.17, 15) is 4.79 Å². The minimum Gasteiger partial charge on any atom is -0.431 e. The normalized spacial score (nSPS) is 13.4. The zero-order valence-electron chi connectivity index (χ0n) is 15.3. The lowest BCUT2D eigenvalue weighted by Gasteiger charge is -2.38. The topological polar surface area (TPSA) is 54.0 Å². The number of esters is 1. The van der Waals surface area contributed by atoms with Gasteiger partial charge in [0.1, 0.15) is 0 Å². The zero-order valence-corrected chi connectivity index (χ0v) is 16.3. The third kappa shape index (κ3) is 8.68. The standard InChI is InChI=1S/C16H32O5Si/c1-9-11-15(17)18-16(7,8)21-22(12-10-2,19-13(3)4)20-14(5)6/h9,11,13-14H,10,12H2,1-8H3. The summed E-state index contributed by atoms with van der Waals surface area (Å²) in [6, 6.07) is 0.675. The largest absolute Gasteiger partial charge is 0.504 e. The van der Waals surface area contributed by atoms with E-state index in [0.717, 1.165) is 6.42 Å². The average Bonchev–Trinajstić information content (AvgIpc) is 2.24. The van der Waals surface area contributed by atoms with Crippen molar-refractivity contribution in [1.82, 2.24) is 0 Å². The minimum atomic E-state index is -2.95. The highest BCUT2D eigenvalue weighted by atomic mass is 28.4. The van der Waals surface area contributed by atoms with Gasteiger partial charge in [0.2, 0.25) is 5.79 Å². The van der Waals surface area contributed by atoms with E-state index in [1.54, 1.807) is 26.8 Å². The van der Waals surface area contributed by atoms with Gasteiger partial charge >= 0.3 is 14.8 Å². The fourth-order valence-corrected chi connectivity index (χ4v) is 5.41. The summed E-state index contributed by atoms with van der Waals surface area (Å²) in [4.78, 5) is 11.7. The Labute approximate surface area is 136 Å². The number of carbonyl (C=O) groups excluding carboxylic acids is 1. The monoisotopic (exact) mass is 332 g/mol. The van der Waals surface area contributed by atoms with Gasteiger partial charge in [0.05, 0.1) is 0 Å². The van der Waals surface area contributed by atoms with E-state index in [1.165, 1.54) is 6.08 Å². The average molecular weight is 333 g/mol. The van der Waals surface area contributed by atoms with Gasteiger partial charge in [-0.05, 0) is 34.6 Å². The van der Waals surface area contributed by atoms with Crippen LogP contribution >= 0.6 is 0 Å². The van der Waals surface area contributed by atoms with Gasteiger partial charge in [0.25, 0.3) is 0 Å². The maximum Gasteiger partial charge on any atom is 0.504 e. The van der Waals surface area contributed by atoms with Crippen molar-refractivity contribution in [2.75, 3.05) is 0 Å². The maximum absolute atomic E-state index is 11.7. The minimum absolute atomic E-state index is 0.0287. The van der Waals surface area contributed by atoms with Crippen LogP contribution in [0.3, 0.4) is 0 Å². The molecule has 0 unspecified atom stereocenters. The number of allylic oxidation sites excluding steroid dienone is 1. The molecule has 0 saturated carbocycles. The molecule has 130 valence electrons. The summed E-state index contributed by atoms with van der Waals surface area (Å²) in [5.41, 5.74) is 0. The molecule has 0 aromatic carbocycles. The van der Waals surface area contributed by atoms with Crippen LogP contribution < -0.4 is 0 Å². The van der Waals surface area contributed by atoms with Crippen LogP contribution in [0, 0.1) is 0 Å². The first kappa shape index (κ1) is 21.3. The van der Waals surface area contributed by atoms with Crippen LogP contribution in [0.15, 0.2) is 12.2 Å². The molecule has 0 bridgehead atoms. The van der Waals surface area contributed by atoms with E-state index in [4.69, 9.17) is 18.0 Å². The fraction of sp³-hybridized carbons (Fsp3) is 0.812. The Balaban J connectivity index is 5.25. The molecule has 0 amide bonds. The van der Waals surface area contributed by atoms with Crippen LogP contribution in [-0.4, -0.2) is 32.8 Å². The molecule has 6 heteroatoms. The second-order valence-electron chi connectivity index (χ2n) is 6.19. The van der Waals surface area contributed by atoms with Gasteiger partial charge in [-0.3, -0.25) is 0 Å². The Bertz CT molecular complexity index is 354. The van der Waals surface area contributed by atoms with E-state index in [2.05, 4.69) is 6.92 Å². The molecule has 0 aliphatic carbocycles. The molecule has 0 heterocycles. The Hall–Kier alpha value is -0.693. The lowest BCUT2D eigenvalue weighted by atomic mass is 10.4. The molecule has 0 rings (SSSR count). The van der Waals surface area contributed by atoms with Crippen LogP contribution in [0.25, 0.3) is 0 Å². The molecule has 0 aromatic rings. The molecule has 22 heavy (non-hydrogen) atoms. The second-order valence-corrected chi connectivity index (χ2v) is 8.73. The van der Waals surface area contributed by atoms with Crippen molar-refractivity contribution in [2.45, 2.75) is 85.8 Å². The highest BCUT2D eigenvalue weighted by molar-refractivity contribution is 6.60. The summed E-state index contributed by atoms with van der Waals surface area (Å²) in [5, 5.41) is 0. The molecule has 0 aliphatic rings. The van der Waals surface area contributed by atoms with Crippen molar-refractivity contribution < 1.29 is 22.8 Å². The van der Waals surface area contributed by atoms with Gasteiger partial charge in [0.15, 0.2) is 0 Å². The van der Waals surface area contributed by atoms with E-state index in [-0.39, 0.29) is 12.2 Å². The third-order valence-electron chi connectivity index (χ3n) is 2.44. The third-order valence-corrected chi connectivity index (χ3v) is 6.01. The molecule has 0 aliphatic heterocycles. The Morgan fingerprint density at radius 3 is 2.00 bits per heavy atom. The van der Waals surface area contributed by atoms with E-state index in [1.807, 2.05) is 27.7 Å². The Kier molecular flexibility index (Phi) is 9.15. The number of carbonyl (C=O) groups is 1. The Morgan fingerprint density at radius 1 is 1.14 bits per heavy atom. The van der Waals surface area contributed by atoms with Gasteiger partial charge in [0, 0.05) is 38.2 Å². The smallest absolute Gasteiger partial charge is 0.431 e. The van der Waals surface area contributed by atoms with Crippen LogP contribution in [0.1, 0.15) is 61.8 Å². The van der Waals surface area contributed by atoms with Gasteiger partial charge in [-0.25, -0.2) is 4.79 Å². The first-order valence-corrected chi connectivity index (χ1v) is 9.90. The van der Waals surface area contributed by atoms with E-state index >= 15 is 0 Å². The first-order chi connectivity index (χ1) is 10.1. The van der Waals surface area contributed by atoms with Crippen LogP contribution in [-0.2, 0) is 22.8 Å². The molecule has 0 radical (unpaired) electrons. The van der Waals surface area contributed by atoms with Crippen molar-refractivity contribution in [3.05, 3.63) is 12.2 Å². The number of ether oxygens (including phenoxy) is 1. The van der Waals surface area contributed by atoms with Crippen LogP contribution in [0.2, 0.25) is 6.04 Å². The lowest BCUT2D eigenvalue weighted by Crippen LogP contribution is -2.54. The zero-order chi connectivity index (χ0) is 17.4. The summed E-state index contributed by atoms with van der Waals surface area (Å²) in [7, 11) is -2.95. The number of hydrogen-bond acceptors (Lipinski definition) is 5. The first-order valence-electron chi connectivity index (χ1n) is 7.97. The molecule has 0 N–H and O–H groups in total. The number of rotatable bonds is 10.